The molecule has 24 heavy (non-hydrogen) atoms. The molecule has 0 unspecified atom stereocenters. The van der Waals surface area contributed by atoms with Crippen LogP contribution in [-0.4, -0.2) is 31.6 Å². The maximum atomic E-state index is 12.2. The molecule has 0 saturated heterocycles. The van der Waals surface area contributed by atoms with Crippen LogP contribution in [0.5, 0.6) is 5.75 Å². The number of carbonyl (C=O) groups excluding carboxylic acids is 2. The normalized spacial score (nSPS) is 13.3. The lowest BCUT2D eigenvalue weighted by Crippen LogP contribution is -2.47. The van der Waals surface area contributed by atoms with Crippen molar-refractivity contribution in [2.45, 2.75) is 53.0 Å². The Morgan fingerprint density at radius 3 is 2.42 bits per heavy atom. The van der Waals surface area contributed by atoms with E-state index in [9.17, 15) is 9.59 Å². The predicted octanol–water partition coefficient (Wildman–Crippen LogP) is 3.20. The van der Waals surface area contributed by atoms with Crippen LogP contribution in [0.4, 0.5) is 0 Å². The van der Waals surface area contributed by atoms with Crippen molar-refractivity contribution < 1.29 is 19.1 Å². The number of rotatable bonds is 8. The van der Waals surface area contributed by atoms with E-state index in [1.54, 1.807) is 0 Å². The Morgan fingerprint density at radius 1 is 1.21 bits per heavy atom. The topological polar surface area (TPSA) is 64.6 Å². The lowest BCUT2D eigenvalue weighted by atomic mass is 9.99. The molecular weight excluding hydrogens is 306 g/mol. The van der Waals surface area contributed by atoms with Crippen LogP contribution >= 0.6 is 0 Å². The molecule has 0 aliphatic carbocycles. The summed E-state index contributed by atoms with van der Waals surface area (Å²) in [6, 6.07) is 5.31. The average Bonchev–Trinajstić information content (AvgIpc) is 2.56. The molecule has 1 rings (SSSR count). The summed E-state index contributed by atoms with van der Waals surface area (Å²) >= 11 is 0. The molecule has 5 heteroatoms. The highest BCUT2D eigenvalue weighted by atomic mass is 16.5. The Balaban J connectivity index is 2.75. The molecule has 0 aliphatic rings. The number of carbonyl (C=O) groups is 2. The van der Waals surface area contributed by atoms with Crippen molar-refractivity contribution in [3.8, 4) is 5.75 Å². The minimum Gasteiger partial charge on any atom is -0.483 e. The molecule has 5 nitrogen and oxygen atoms in total. The fourth-order valence-corrected chi connectivity index (χ4v) is 2.40. The van der Waals surface area contributed by atoms with Crippen LogP contribution in [0.1, 0.15) is 51.2 Å². The molecule has 0 saturated carbocycles. The number of ether oxygens (including phenoxy) is 2. The summed E-state index contributed by atoms with van der Waals surface area (Å²) in [5.74, 6) is 0.231. The zero-order valence-electron chi connectivity index (χ0n) is 15.5. The molecule has 2 atom stereocenters. The summed E-state index contributed by atoms with van der Waals surface area (Å²) in [5, 5.41) is 2.71. The Bertz CT molecular complexity index is 568. The molecule has 0 heterocycles. The molecule has 0 fully saturated rings. The van der Waals surface area contributed by atoms with Crippen molar-refractivity contribution in [3.05, 3.63) is 29.3 Å². The van der Waals surface area contributed by atoms with Gasteiger partial charge in [-0.2, -0.15) is 0 Å². The van der Waals surface area contributed by atoms with E-state index in [1.807, 2.05) is 39.0 Å². The Kier molecular flexibility index (Phi) is 7.75. The molecule has 0 bridgehead atoms. The van der Waals surface area contributed by atoms with Gasteiger partial charge in [0.05, 0.1) is 7.11 Å². The summed E-state index contributed by atoms with van der Waals surface area (Å²) in [6.07, 6.45) is 0.760. The first-order valence-electron chi connectivity index (χ1n) is 8.40. The molecule has 134 valence electrons. The lowest BCUT2D eigenvalue weighted by molar-refractivity contribution is -0.146. The van der Waals surface area contributed by atoms with E-state index < -0.39 is 12.0 Å². The third-order valence-electron chi connectivity index (χ3n) is 4.13. The van der Waals surface area contributed by atoms with E-state index in [1.165, 1.54) is 7.11 Å². The fraction of sp³-hybridized carbons (Fsp3) is 0.579. The second kappa shape index (κ2) is 9.30. The quantitative estimate of drug-likeness (QED) is 0.741. The van der Waals surface area contributed by atoms with Gasteiger partial charge in [-0.1, -0.05) is 46.2 Å². The highest BCUT2D eigenvalue weighted by Gasteiger charge is 2.26. The van der Waals surface area contributed by atoms with E-state index in [-0.39, 0.29) is 18.4 Å². The van der Waals surface area contributed by atoms with Crippen LogP contribution in [-0.2, 0) is 14.3 Å². The Hall–Kier alpha value is -2.04. The number of hydrogen-bond acceptors (Lipinski definition) is 4. The number of hydrogen-bond donors (Lipinski definition) is 1. The molecule has 0 radical (unpaired) electrons. The summed E-state index contributed by atoms with van der Waals surface area (Å²) in [6.45, 7) is 9.87. The van der Waals surface area contributed by atoms with Gasteiger partial charge in [-0.25, -0.2) is 4.79 Å². The maximum Gasteiger partial charge on any atom is 0.328 e. The largest absolute Gasteiger partial charge is 0.483 e. The van der Waals surface area contributed by atoms with Gasteiger partial charge in [0.2, 0.25) is 0 Å². The van der Waals surface area contributed by atoms with Crippen molar-refractivity contribution in [3.63, 3.8) is 0 Å². The first-order chi connectivity index (χ1) is 11.3. The van der Waals surface area contributed by atoms with E-state index in [4.69, 9.17) is 9.47 Å². The van der Waals surface area contributed by atoms with E-state index in [0.717, 1.165) is 17.5 Å². The second-order valence-corrected chi connectivity index (χ2v) is 6.44. The lowest BCUT2D eigenvalue weighted by Gasteiger charge is -2.22. The second-order valence-electron chi connectivity index (χ2n) is 6.44. The molecule has 1 aromatic carbocycles. The molecule has 1 N–H and O–H groups in total. The first-order valence-corrected chi connectivity index (χ1v) is 8.40. The standard InChI is InChI=1S/C19H29NO4/c1-7-14(5)18(19(22)23-6)20-17(21)11-24-16-10-13(4)8-9-15(16)12(2)3/h8-10,12,14,18H,7,11H2,1-6H3,(H,20,21)/t14-,18+/m1/s1. The van der Waals surface area contributed by atoms with E-state index in [0.29, 0.717) is 11.7 Å². The third-order valence-corrected chi connectivity index (χ3v) is 4.13. The SMILES string of the molecule is CC[C@@H](C)[C@H](NC(=O)COc1cc(C)ccc1C(C)C)C(=O)OC. The molecular formula is C19H29NO4. The zero-order chi connectivity index (χ0) is 18.3. The van der Waals surface area contributed by atoms with E-state index in [2.05, 4.69) is 19.2 Å². The van der Waals surface area contributed by atoms with Crippen molar-refractivity contribution in [2.75, 3.05) is 13.7 Å². The van der Waals surface area contributed by atoms with Crippen molar-refractivity contribution >= 4 is 11.9 Å². The monoisotopic (exact) mass is 335 g/mol. The Labute approximate surface area is 144 Å². The first kappa shape index (κ1) is 20.0. The number of esters is 1. The zero-order valence-corrected chi connectivity index (χ0v) is 15.5. The van der Waals surface area contributed by atoms with Crippen molar-refractivity contribution in [2.24, 2.45) is 5.92 Å². The van der Waals surface area contributed by atoms with Gasteiger partial charge in [0.25, 0.3) is 5.91 Å². The maximum absolute atomic E-state index is 12.2. The molecule has 0 spiro atoms. The molecule has 1 amide bonds. The number of benzene rings is 1. The number of amides is 1. The van der Waals surface area contributed by atoms with Gasteiger partial charge < -0.3 is 14.8 Å². The van der Waals surface area contributed by atoms with Gasteiger partial charge in [0, 0.05) is 0 Å². The third kappa shape index (κ3) is 5.55. The predicted molar refractivity (Wildman–Crippen MR) is 94.2 cm³/mol. The summed E-state index contributed by atoms with van der Waals surface area (Å²) in [4.78, 5) is 24.0. The van der Waals surface area contributed by atoms with Crippen LogP contribution in [0.15, 0.2) is 18.2 Å². The fourth-order valence-electron chi connectivity index (χ4n) is 2.40. The highest BCUT2D eigenvalue weighted by Crippen LogP contribution is 2.27. The van der Waals surface area contributed by atoms with Crippen LogP contribution in [0.25, 0.3) is 0 Å². The molecule has 0 aliphatic heterocycles. The Morgan fingerprint density at radius 2 is 1.88 bits per heavy atom. The van der Waals surface area contributed by atoms with Crippen LogP contribution < -0.4 is 10.1 Å². The van der Waals surface area contributed by atoms with Gasteiger partial charge in [-0.3, -0.25) is 4.79 Å². The molecule has 1 aromatic rings. The summed E-state index contributed by atoms with van der Waals surface area (Å²) < 4.78 is 10.5. The minimum atomic E-state index is -0.654. The van der Waals surface area contributed by atoms with Gasteiger partial charge >= 0.3 is 5.97 Å². The van der Waals surface area contributed by atoms with Gasteiger partial charge in [0.15, 0.2) is 6.61 Å². The van der Waals surface area contributed by atoms with Gasteiger partial charge in [-0.15, -0.1) is 0 Å². The summed E-state index contributed by atoms with van der Waals surface area (Å²) in [7, 11) is 1.32. The molecule has 0 aromatic heterocycles. The smallest absolute Gasteiger partial charge is 0.328 e. The van der Waals surface area contributed by atoms with Crippen molar-refractivity contribution in [1.29, 1.82) is 0 Å². The van der Waals surface area contributed by atoms with Crippen LogP contribution in [0.2, 0.25) is 0 Å². The average molecular weight is 335 g/mol. The van der Waals surface area contributed by atoms with Crippen molar-refractivity contribution in [1.82, 2.24) is 5.32 Å². The van der Waals surface area contributed by atoms with Crippen LogP contribution in [0.3, 0.4) is 0 Å². The number of aryl methyl sites for hydroxylation is 1. The number of nitrogens with one attached hydrogen (secondary N) is 1. The summed E-state index contributed by atoms with van der Waals surface area (Å²) in [5.41, 5.74) is 2.13. The highest BCUT2D eigenvalue weighted by molar-refractivity contribution is 5.85. The van der Waals surface area contributed by atoms with Gasteiger partial charge in [-0.05, 0) is 36.0 Å². The van der Waals surface area contributed by atoms with Crippen LogP contribution in [0, 0.1) is 12.8 Å². The van der Waals surface area contributed by atoms with Gasteiger partial charge in [0.1, 0.15) is 11.8 Å². The van der Waals surface area contributed by atoms with E-state index >= 15 is 0 Å². The number of methoxy groups -OCH3 is 1. The minimum absolute atomic E-state index is 0.00778.